The number of halogens is 1. The number of furan rings is 1. The van der Waals surface area contributed by atoms with Crippen LogP contribution in [0.25, 0.3) is 33.7 Å². The van der Waals surface area contributed by atoms with Crippen molar-refractivity contribution >= 4 is 44.0 Å². The van der Waals surface area contributed by atoms with Crippen molar-refractivity contribution in [1.29, 1.82) is 0 Å². The topological polar surface area (TPSA) is 121 Å². The normalized spacial score (nSPS) is 12.6. The minimum atomic E-state index is -3.76. The number of sulfonamides is 1. The van der Waals surface area contributed by atoms with E-state index in [4.69, 9.17) is 21.2 Å². The maximum atomic E-state index is 12.7. The van der Waals surface area contributed by atoms with Crippen molar-refractivity contribution in [2.75, 3.05) is 0 Å². The Morgan fingerprint density at radius 1 is 1.00 bits per heavy atom. The van der Waals surface area contributed by atoms with Crippen molar-refractivity contribution in [3.8, 4) is 22.7 Å². The first kappa shape index (κ1) is 20.6. The van der Waals surface area contributed by atoms with Gasteiger partial charge in [0.25, 0.3) is 5.56 Å². The number of nitrogens with two attached hydrogens (primary N) is 1. The van der Waals surface area contributed by atoms with Gasteiger partial charge in [-0.2, -0.15) is 9.50 Å². The highest BCUT2D eigenvalue weighted by Gasteiger charge is 2.13. The van der Waals surface area contributed by atoms with Crippen molar-refractivity contribution in [3.63, 3.8) is 0 Å². The molecular weight excluding hydrogens is 472 g/mol. The fourth-order valence-electron chi connectivity index (χ4n) is 3.08. The van der Waals surface area contributed by atoms with E-state index < -0.39 is 10.0 Å². The Kier molecular flexibility index (Phi) is 4.94. The van der Waals surface area contributed by atoms with Crippen LogP contribution in [0.1, 0.15) is 5.76 Å². The Labute approximate surface area is 190 Å². The predicted octanol–water partition coefficient (Wildman–Crippen LogP) is 2.93. The predicted molar refractivity (Wildman–Crippen MR) is 122 cm³/mol. The standard InChI is InChI=1S/C21H13ClN4O4S2/c22-14-5-1-13(2-6-14)19-24-21-26(25-19)20(27)18(31-21)11-15-7-10-17(30-15)12-3-8-16(9-4-12)32(23,28)29/h1-11H,(H2,23,28,29)/b18-11-. The third kappa shape index (κ3) is 3.84. The Morgan fingerprint density at radius 2 is 1.69 bits per heavy atom. The van der Waals surface area contributed by atoms with Gasteiger partial charge in [-0.15, -0.1) is 5.10 Å². The molecule has 5 aromatic rings. The second kappa shape index (κ2) is 7.68. The van der Waals surface area contributed by atoms with E-state index in [1.165, 1.54) is 28.0 Å². The Hall–Kier alpha value is -3.31. The van der Waals surface area contributed by atoms with Crippen molar-refractivity contribution in [2.45, 2.75) is 4.90 Å². The highest BCUT2D eigenvalue weighted by molar-refractivity contribution is 7.89. The van der Waals surface area contributed by atoms with Crippen molar-refractivity contribution < 1.29 is 12.8 Å². The number of benzene rings is 2. The smallest absolute Gasteiger partial charge is 0.291 e. The van der Waals surface area contributed by atoms with Gasteiger partial charge in [0.2, 0.25) is 15.0 Å². The quantitative estimate of drug-likeness (QED) is 0.418. The molecule has 8 nitrogen and oxygen atoms in total. The highest BCUT2D eigenvalue weighted by atomic mass is 35.5. The SMILES string of the molecule is NS(=O)(=O)c1ccc(-c2ccc(/C=c3\sc4nc(-c5ccc(Cl)cc5)nn4c3=O)o2)cc1. The van der Waals surface area contributed by atoms with Crippen LogP contribution in [-0.2, 0) is 10.0 Å². The van der Waals surface area contributed by atoms with E-state index in [1.54, 1.807) is 54.6 Å². The molecule has 11 heteroatoms. The summed E-state index contributed by atoms with van der Waals surface area (Å²) in [7, 11) is -3.76. The fourth-order valence-corrected chi connectivity index (χ4v) is 4.61. The van der Waals surface area contributed by atoms with E-state index in [-0.39, 0.29) is 10.5 Å². The minimum absolute atomic E-state index is 0.0167. The van der Waals surface area contributed by atoms with Crippen LogP contribution < -0.4 is 15.2 Å². The number of hydrogen-bond donors (Lipinski definition) is 1. The van der Waals surface area contributed by atoms with E-state index in [0.717, 1.165) is 5.56 Å². The number of hydrogen-bond acceptors (Lipinski definition) is 7. The molecule has 160 valence electrons. The van der Waals surface area contributed by atoms with Crippen LogP contribution in [0.4, 0.5) is 0 Å². The van der Waals surface area contributed by atoms with Crippen LogP contribution in [0.5, 0.6) is 0 Å². The van der Waals surface area contributed by atoms with Crippen molar-refractivity contribution in [1.82, 2.24) is 14.6 Å². The summed E-state index contributed by atoms with van der Waals surface area (Å²) in [4.78, 5) is 17.7. The molecule has 0 fully saturated rings. The van der Waals surface area contributed by atoms with E-state index >= 15 is 0 Å². The molecule has 0 spiro atoms. The third-order valence-electron chi connectivity index (χ3n) is 4.65. The number of aromatic nitrogens is 3. The lowest BCUT2D eigenvalue weighted by Crippen LogP contribution is -2.23. The molecule has 0 atom stereocenters. The van der Waals surface area contributed by atoms with Gasteiger partial charge in [-0.25, -0.2) is 13.6 Å². The largest absolute Gasteiger partial charge is 0.457 e. The average molecular weight is 485 g/mol. The molecule has 0 unspecified atom stereocenters. The molecule has 5 rings (SSSR count). The molecule has 0 aliphatic heterocycles. The molecule has 0 radical (unpaired) electrons. The molecule has 2 aromatic carbocycles. The monoisotopic (exact) mass is 484 g/mol. The van der Waals surface area contributed by atoms with E-state index in [2.05, 4.69) is 10.1 Å². The number of rotatable bonds is 4. The molecule has 3 heterocycles. The summed E-state index contributed by atoms with van der Waals surface area (Å²) in [5, 5.41) is 10.0. The summed E-state index contributed by atoms with van der Waals surface area (Å²) < 4.78 is 30.3. The zero-order chi connectivity index (χ0) is 22.5. The van der Waals surface area contributed by atoms with Crippen molar-refractivity contribution in [3.05, 3.63) is 86.3 Å². The van der Waals surface area contributed by atoms with Gasteiger partial charge in [0, 0.05) is 22.2 Å². The van der Waals surface area contributed by atoms with Crippen LogP contribution in [0.2, 0.25) is 5.02 Å². The third-order valence-corrected chi connectivity index (χ3v) is 6.79. The molecule has 0 bridgehead atoms. The molecule has 0 saturated carbocycles. The fraction of sp³-hybridized carbons (Fsp3) is 0. The lowest BCUT2D eigenvalue weighted by molar-refractivity contribution is 0.571. The summed E-state index contributed by atoms with van der Waals surface area (Å²) in [6, 6.07) is 16.5. The van der Waals surface area contributed by atoms with Gasteiger partial charge >= 0.3 is 0 Å². The van der Waals surface area contributed by atoms with Gasteiger partial charge in [-0.05, 0) is 60.7 Å². The summed E-state index contributed by atoms with van der Waals surface area (Å²) in [5.41, 5.74) is 1.14. The van der Waals surface area contributed by atoms with Gasteiger partial charge in [0.05, 0.1) is 4.90 Å². The van der Waals surface area contributed by atoms with Crippen LogP contribution in [0, 0.1) is 0 Å². The first-order chi connectivity index (χ1) is 15.3. The first-order valence-corrected chi connectivity index (χ1v) is 11.9. The summed E-state index contributed by atoms with van der Waals surface area (Å²) in [6.45, 7) is 0. The van der Waals surface area contributed by atoms with Crippen LogP contribution >= 0.6 is 22.9 Å². The van der Waals surface area contributed by atoms with Crippen LogP contribution in [0.15, 0.2) is 74.8 Å². The van der Waals surface area contributed by atoms with Crippen LogP contribution in [0.3, 0.4) is 0 Å². The Balaban J connectivity index is 1.46. The molecule has 32 heavy (non-hydrogen) atoms. The Morgan fingerprint density at radius 3 is 2.34 bits per heavy atom. The summed E-state index contributed by atoms with van der Waals surface area (Å²) in [5.74, 6) is 1.43. The zero-order valence-electron chi connectivity index (χ0n) is 16.1. The molecular formula is C21H13ClN4O4S2. The van der Waals surface area contributed by atoms with E-state index in [9.17, 15) is 13.2 Å². The summed E-state index contributed by atoms with van der Waals surface area (Å²) in [6.07, 6.45) is 1.62. The molecule has 3 aromatic heterocycles. The number of primary sulfonamides is 1. The second-order valence-corrected chi connectivity index (χ2v) is 9.83. The lowest BCUT2D eigenvalue weighted by atomic mass is 10.2. The Bertz CT molecular complexity index is 1670. The maximum absolute atomic E-state index is 12.7. The van der Waals surface area contributed by atoms with Crippen LogP contribution in [-0.4, -0.2) is 23.0 Å². The van der Waals surface area contributed by atoms with Gasteiger partial charge in [0.15, 0.2) is 5.82 Å². The zero-order valence-corrected chi connectivity index (χ0v) is 18.5. The van der Waals surface area contributed by atoms with Gasteiger partial charge < -0.3 is 4.42 Å². The van der Waals surface area contributed by atoms with Gasteiger partial charge in [0.1, 0.15) is 16.1 Å². The maximum Gasteiger partial charge on any atom is 0.291 e. The number of thiazole rings is 1. The first-order valence-electron chi connectivity index (χ1n) is 9.18. The number of nitrogens with zero attached hydrogens (tertiary/aromatic N) is 3. The van der Waals surface area contributed by atoms with E-state index in [1.807, 2.05) is 0 Å². The minimum Gasteiger partial charge on any atom is -0.457 e. The van der Waals surface area contributed by atoms with Gasteiger partial charge in [-0.1, -0.05) is 22.9 Å². The second-order valence-electron chi connectivity index (χ2n) is 6.82. The molecule has 0 saturated heterocycles. The molecule has 0 aliphatic carbocycles. The average Bonchev–Trinajstić information content (AvgIpc) is 3.46. The molecule has 0 aliphatic rings. The number of fused-ring (bicyclic) bond motifs is 1. The van der Waals surface area contributed by atoms with Gasteiger partial charge in [-0.3, -0.25) is 4.79 Å². The molecule has 0 amide bonds. The lowest BCUT2D eigenvalue weighted by Gasteiger charge is -2.00. The van der Waals surface area contributed by atoms with Crippen molar-refractivity contribution in [2.24, 2.45) is 5.14 Å². The van der Waals surface area contributed by atoms with E-state index in [0.29, 0.717) is 37.4 Å². The molecule has 2 N–H and O–H groups in total. The highest BCUT2D eigenvalue weighted by Crippen LogP contribution is 2.24. The summed E-state index contributed by atoms with van der Waals surface area (Å²) >= 11 is 7.11.